The van der Waals surface area contributed by atoms with E-state index in [1.807, 2.05) is 57.0 Å². The summed E-state index contributed by atoms with van der Waals surface area (Å²) >= 11 is 3.45. The van der Waals surface area contributed by atoms with Crippen LogP contribution in [-0.4, -0.2) is 206 Å². The number of methoxy groups -OCH3 is 4. The first kappa shape index (κ1) is 124. The van der Waals surface area contributed by atoms with Crippen LogP contribution in [0.2, 0.25) is 0 Å². The van der Waals surface area contributed by atoms with Crippen molar-refractivity contribution in [3.8, 4) is 23.0 Å². The largest absolute Gasteiger partial charge is 1.00 e. The van der Waals surface area contributed by atoms with Crippen LogP contribution in [0.4, 0.5) is 87.2 Å². The van der Waals surface area contributed by atoms with Crippen LogP contribution in [0.5, 0.6) is 23.0 Å². The predicted octanol–water partition coefficient (Wildman–Crippen LogP) is 11.3. The van der Waals surface area contributed by atoms with Gasteiger partial charge in [-0.2, -0.15) is 39.5 Å². The van der Waals surface area contributed by atoms with Gasteiger partial charge < -0.3 is 71.4 Å². The zero-order valence-corrected chi connectivity index (χ0v) is 97.6. The summed E-state index contributed by atoms with van der Waals surface area (Å²) < 4.78 is 274. The van der Waals surface area contributed by atoms with Crippen LogP contribution in [0, 0.1) is 17.5 Å². The number of anilines is 6. The molecule has 0 unspecified atom stereocenters. The van der Waals surface area contributed by atoms with E-state index in [0.717, 1.165) is 45.0 Å². The molecule has 14 rings (SSSR count). The molecule has 3 saturated carbocycles. The van der Waals surface area contributed by atoms with Crippen LogP contribution in [0.25, 0.3) is 0 Å². The molecule has 0 spiro atoms. The molecule has 3 fully saturated rings. The van der Waals surface area contributed by atoms with Crippen molar-refractivity contribution in [2.24, 2.45) is 0 Å². The number of alkyl halides is 9. The maximum absolute atomic E-state index is 16.0. The standard InChI is InChI=1S/C34H36BrF4N5O4S.C34H37F4N5O4S.C25H27F4N5O2S.CH2O3.2CH2O2.2Cs.H/c1-43(2)30-15-22(21-6-5-7-24(14-21)34(37,38)39)9-11-28(30)42-29-18-27(36)32(17-26(29)35)49(45,46)44(33-12-13-40-20-41-33)19-23-8-10-25(47-3)16-31(23)48-4;1-42(2)30-17-23(22-6-5-7-25(16-22)34(36,37)38)9-12-29(30)41-26-10-13-32(28(35)18-26)48(44,45)43(33-14-15-39-21-40-33)20-24-8-11-27(46-3)19-31(24)47-4;1-34(2)22-13-17(16-4-3-5-18(12-16)25(27,28)29)6-8-21(22)32-19-7-9-23(20(26)14-19)37(35,36)33-24-10-11-30-15-31-24;2-1-4-3;2*2-1-3;;;/h5-8,10,12-14,16-18,20,22,28,30,42H,9,11,15,19H2,1-4H3;5-8,10-11,13-16,18-19,21,23,29-30,41H,9,12,17,20H2,1-4H3;3-5,7,9-12,14-15,17,21-22,32H,6,8,13H2,1-2H3,(H,30,31,33);1,3H;2*1H,(H,2,3);;;/q;;;;;;2*+1;-1/p-1/t22-,28-,30-;23-,29-,30-;17-,21-,22-;;;;;;/m000....../s1. The first-order valence-corrected chi connectivity index (χ1v) is 48.9. The molecular formula is C96H106BrCs2F12N15O17S3. The maximum atomic E-state index is 16.0. The van der Waals surface area contributed by atoms with Crippen molar-refractivity contribution in [3.05, 3.63) is 280 Å². The topological polar surface area (TPSA) is 405 Å². The molecule has 6 N–H and O–H groups in total. The summed E-state index contributed by atoms with van der Waals surface area (Å²) in [6.45, 7) is -1.13. The Bertz CT molecular complexity index is 6460. The van der Waals surface area contributed by atoms with E-state index < -0.39 is 97.4 Å². The average molecular weight is 2410 g/mol. The number of likely N-dealkylation sites (N-methyl/N-ethyl adjacent to an activating group) is 3. The maximum Gasteiger partial charge on any atom is 1.00 e. The van der Waals surface area contributed by atoms with Crippen molar-refractivity contribution in [2.75, 3.05) is 100 Å². The van der Waals surface area contributed by atoms with Gasteiger partial charge in [-0.3, -0.25) is 19.1 Å². The van der Waals surface area contributed by atoms with Gasteiger partial charge in [-0.25, -0.2) is 76.9 Å². The molecule has 11 aromatic rings. The minimum atomic E-state index is -4.54. The normalized spacial score (nSPS) is 17.7. The summed E-state index contributed by atoms with van der Waals surface area (Å²) in [6.07, 6.45) is -0.0454. The average Bonchev–Trinajstić information content (AvgIpc) is 0.767. The minimum absolute atomic E-state index is 0. The number of sulfonamides is 3. The summed E-state index contributed by atoms with van der Waals surface area (Å²) in [4.78, 5) is 55.8. The fourth-order valence-electron chi connectivity index (χ4n) is 17.0. The first-order chi connectivity index (χ1) is 68.2. The van der Waals surface area contributed by atoms with Gasteiger partial charge in [0.15, 0.2) is 0 Å². The van der Waals surface area contributed by atoms with E-state index in [0.29, 0.717) is 130 Å². The second-order valence-corrected chi connectivity index (χ2v) is 39.6. The van der Waals surface area contributed by atoms with Crippen LogP contribution in [0.3, 0.4) is 0 Å². The van der Waals surface area contributed by atoms with E-state index in [2.05, 4.69) is 71.4 Å². The first-order valence-electron chi connectivity index (χ1n) is 43.8. The van der Waals surface area contributed by atoms with Gasteiger partial charge in [0, 0.05) is 106 Å². The van der Waals surface area contributed by atoms with Gasteiger partial charge in [0.2, 0.25) is 0 Å². The Hall–Kier alpha value is -9.16. The van der Waals surface area contributed by atoms with Gasteiger partial charge in [0.05, 0.1) is 63.9 Å². The molecule has 3 aliphatic rings. The van der Waals surface area contributed by atoms with Gasteiger partial charge in [0.25, 0.3) is 49.5 Å². The predicted molar refractivity (Wildman–Crippen MR) is 514 cm³/mol. The van der Waals surface area contributed by atoms with Crippen molar-refractivity contribution >= 4 is 99.9 Å². The summed E-state index contributed by atoms with van der Waals surface area (Å²) in [7, 11) is 4.02. The zero-order valence-electron chi connectivity index (χ0n) is 82.0. The van der Waals surface area contributed by atoms with Crippen molar-refractivity contribution < 1.29 is 271 Å². The summed E-state index contributed by atoms with van der Waals surface area (Å²) in [5, 5.41) is 32.2. The Balaban J connectivity index is 0.000000321. The number of halogens is 13. The Morgan fingerprint density at radius 1 is 0.445 bits per heavy atom. The van der Waals surface area contributed by atoms with Crippen molar-refractivity contribution in [1.82, 2.24) is 44.6 Å². The molecule has 32 nitrogen and oxygen atoms in total. The third kappa shape index (κ3) is 34.2. The number of hydrogen-bond acceptors (Lipinski definition) is 27. The molecule has 0 bridgehead atoms. The molecule has 8 aromatic carbocycles. The van der Waals surface area contributed by atoms with Crippen LogP contribution >= 0.6 is 15.9 Å². The monoisotopic (exact) mass is 2410 g/mol. The fourth-order valence-corrected chi connectivity index (χ4v) is 21.6. The van der Waals surface area contributed by atoms with Gasteiger partial charge in [-0.1, -0.05) is 54.6 Å². The Kier molecular flexibility index (Phi) is 48.5. The summed E-state index contributed by atoms with van der Waals surface area (Å²) in [5.41, 5.74) is 2.02. The number of nitrogens with one attached hydrogen (secondary N) is 4. The van der Waals surface area contributed by atoms with Crippen LogP contribution in [-0.2, 0) is 81.0 Å². The zero-order chi connectivity index (χ0) is 106. The molecule has 9 atom stereocenters. The molecule has 778 valence electrons. The number of carboxylic acid groups (broad SMARTS) is 2. The Labute approximate surface area is 964 Å². The van der Waals surface area contributed by atoms with Gasteiger partial charge in [-0.15, -0.1) is 0 Å². The van der Waals surface area contributed by atoms with Crippen molar-refractivity contribution in [3.63, 3.8) is 0 Å². The van der Waals surface area contributed by atoms with E-state index >= 15 is 8.78 Å². The molecule has 3 aromatic heterocycles. The molecule has 50 heteroatoms. The number of nitrogens with zero attached hydrogens (tertiary/aromatic N) is 11. The summed E-state index contributed by atoms with van der Waals surface area (Å²) in [5.74, 6) is -1.25. The Morgan fingerprint density at radius 2 is 0.795 bits per heavy atom. The van der Waals surface area contributed by atoms with E-state index in [1.54, 1.807) is 54.6 Å². The van der Waals surface area contributed by atoms with E-state index in [1.165, 1.54) is 151 Å². The fraction of sp³-hybridized carbons (Fsp3) is 0.344. The van der Waals surface area contributed by atoms with Crippen molar-refractivity contribution in [2.45, 2.75) is 158 Å². The molecule has 0 saturated heterocycles. The van der Waals surface area contributed by atoms with Crippen LogP contribution in [0.1, 0.15) is 121 Å². The van der Waals surface area contributed by atoms with Gasteiger partial charge >= 0.3 is 156 Å². The molecule has 3 heterocycles. The van der Waals surface area contributed by atoms with E-state index in [4.69, 9.17) is 48.8 Å². The smallest absolute Gasteiger partial charge is 1.00 e. The second-order valence-electron chi connectivity index (χ2n) is 33.4. The summed E-state index contributed by atoms with van der Waals surface area (Å²) in [6, 6.07) is 39.7. The van der Waals surface area contributed by atoms with Crippen LogP contribution < -0.4 is 191 Å². The minimum Gasteiger partial charge on any atom is -1.00 e. The molecule has 0 amide bonds. The molecule has 0 radical (unpaired) electrons. The number of carbonyl (C=O) groups is 3. The van der Waals surface area contributed by atoms with Gasteiger partial charge in [0.1, 0.15) is 91.6 Å². The second kappa shape index (κ2) is 57.2. The number of ether oxygens (including phenoxy) is 4. The van der Waals surface area contributed by atoms with E-state index in [-0.39, 0.29) is 243 Å². The van der Waals surface area contributed by atoms with Crippen molar-refractivity contribution in [1.29, 1.82) is 0 Å². The Morgan fingerprint density at radius 3 is 1.12 bits per heavy atom. The number of hydrogen-bond donors (Lipinski definition) is 6. The number of aromatic nitrogens is 6. The number of rotatable bonds is 30. The molecule has 0 aliphatic heterocycles. The molecule has 146 heavy (non-hydrogen) atoms. The SMILES string of the molecule is CN(C)[C@H]1C[C@@H](c2cccc(C(F)(F)F)c2)CC[C@@H]1Nc1ccc(S(=O)(=O)Nc2ccncn2)c(F)c1.COc1ccc(CN(c2ccncn2)S(=O)(=O)c2cc(Br)c(N[C@H]3CC[C@H](c4cccc(C(F)(F)F)c4)C[C@@H]3N(C)C)cc2F)c(OC)c1.COc1ccc(CN(c2ccncn2)S(=O)(=O)c2ccc(N[C@H]3CC[C@H](c4cccc(C(F)(F)F)c4)C[C@@H]3N(C)C)cc2F)c(OC)c1.O=CO.O=CO.O=CO[O-].[Cs+].[Cs+].[H-]. The van der Waals surface area contributed by atoms with E-state index in [9.17, 15) is 69.2 Å². The van der Waals surface area contributed by atoms with Crippen LogP contribution in [0.15, 0.2) is 233 Å². The third-order valence-corrected chi connectivity index (χ3v) is 29.6. The molecular weight excluding hydrogens is 2310 g/mol. The number of benzene rings is 8. The number of carbonyl (C=O) groups excluding carboxylic acids is 1. The quantitative estimate of drug-likeness (QED) is 0.0105. The van der Waals surface area contributed by atoms with Gasteiger partial charge in [-0.05, 0) is 248 Å². The molecule has 3 aliphatic carbocycles. The third-order valence-electron chi connectivity index (χ3n) is 24.0.